The highest BCUT2D eigenvalue weighted by molar-refractivity contribution is 14.0. The van der Waals surface area contributed by atoms with E-state index >= 15 is 0 Å². The average Bonchev–Trinajstić information content (AvgIpc) is 2.96. The van der Waals surface area contributed by atoms with Crippen LogP contribution in [0.5, 0.6) is 0 Å². The molecule has 42 heavy (non-hydrogen) atoms. The van der Waals surface area contributed by atoms with Gasteiger partial charge in [0.05, 0.1) is 13.2 Å². The molecule has 2 aromatic heterocycles. The summed E-state index contributed by atoms with van der Waals surface area (Å²) in [7, 11) is -1.86. The van der Waals surface area contributed by atoms with E-state index in [-0.39, 0.29) is 60.2 Å². The zero-order valence-electron chi connectivity index (χ0n) is 24.2. The number of benzene rings is 2. The predicted molar refractivity (Wildman–Crippen MR) is 174 cm³/mol. The number of halogens is 3. The Morgan fingerprint density at radius 2 is 1.17 bits per heavy atom. The Morgan fingerprint density at radius 3 is 1.57 bits per heavy atom. The van der Waals surface area contributed by atoms with Gasteiger partial charge in [0.25, 0.3) is 0 Å². The molecule has 4 aromatic rings. The second-order valence-corrected chi connectivity index (χ2v) is 15.9. The molecule has 224 valence electrons. The largest absolute Gasteiger partial charge is 0.413 e. The standard InChI is InChI=1S/C19H24FNO2Si.C13H10FNO2.HI.H2/c1-19(2,3)24(4,5)23-13-14-10-16(12-21-11-14)18(22)15-6-8-17(20)9-7-15;14-12-3-1-10(2-4-12)13(17)11-5-9(8-16)6-15-7-11;;/h6-12H,13H2,1-5H3;1-7,16H,8H2;2*1H. The Balaban J connectivity index is 0.000000432. The van der Waals surface area contributed by atoms with Crippen molar-refractivity contribution in [3.05, 3.63) is 130 Å². The molecule has 0 saturated carbocycles. The fourth-order valence-electron chi connectivity index (χ4n) is 3.41. The highest BCUT2D eigenvalue weighted by Gasteiger charge is 2.37. The van der Waals surface area contributed by atoms with Crippen molar-refractivity contribution in [2.45, 2.75) is 52.1 Å². The summed E-state index contributed by atoms with van der Waals surface area (Å²) >= 11 is 0. The second-order valence-electron chi connectivity index (χ2n) is 11.0. The van der Waals surface area contributed by atoms with Crippen LogP contribution >= 0.6 is 24.0 Å². The molecule has 0 saturated heterocycles. The SMILES string of the molecule is CC(C)(C)[Si](C)(C)OCc1cncc(C(=O)c2ccc(F)cc2)c1.I.O=C(c1ccc(F)cc1)c1cncc(CO)c1.[HH]. The first kappa shape index (κ1) is 35.0. The normalized spacial score (nSPS) is 11.1. The van der Waals surface area contributed by atoms with Crippen molar-refractivity contribution >= 4 is 43.9 Å². The predicted octanol–water partition coefficient (Wildman–Crippen LogP) is 7.78. The summed E-state index contributed by atoms with van der Waals surface area (Å²) in [5, 5.41) is 9.08. The quantitative estimate of drug-likeness (QED) is 0.114. The lowest BCUT2D eigenvalue weighted by atomic mass is 10.0. The molecule has 0 unspecified atom stereocenters. The third kappa shape index (κ3) is 9.68. The summed E-state index contributed by atoms with van der Waals surface area (Å²) in [4.78, 5) is 32.5. The minimum Gasteiger partial charge on any atom is -0.413 e. The van der Waals surface area contributed by atoms with Gasteiger partial charge >= 0.3 is 0 Å². The van der Waals surface area contributed by atoms with Crippen molar-refractivity contribution in [1.82, 2.24) is 9.97 Å². The Labute approximate surface area is 264 Å². The topological polar surface area (TPSA) is 89.4 Å². The molecule has 4 rings (SSSR count). The molecule has 0 aliphatic carbocycles. The zero-order valence-corrected chi connectivity index (χ0v) is 27.6. The Morgan fingerprint density at radius 1 is 0.762 bits per heavy atom. The molecular weight excluding hydrogens is 669 g/mol. The van der Waals surface area contributed by atoms with E-state index in [9.17, 15) is 18.4 Å². The van der Waals surface area contributed by atoms with Crippen LogP contribution in [0.2, 0.25) is 18.1 Å². The first-order valence-electron chi connectivity index (χ1n) is 13.0. The number of ketones is 2. The first-order chi connectivity index (χ1) is 19.3. The van der Waals surface area contributed by atoms with Crippen LogP contribution in [0, 0.1) is 11.6 Å². The maximum Gasteiger partial charge on any atom is 0.194 e. The number of hydrogen-bond acceptors (Lipinski definition) is 6. The number of aliphatic hydroxyl groups excluding tert-OH is 1. The van der Waals surface area contributed by atoms with Crippen LogP contribution in [0.15, 0.2) is 85.5 Å². The molecule has 0 atom stereocenters. The Kier molecular flexibility index (Phi) is 12.8. The molecule has 0 bridgehead atoms. The van der Waals surface area contributed by atoms with E-state index in [0.717, 1.165) is 5.56 Å². The minimum atomic E-state index is -1.86. The van der Waals surface area contributed by atoms with Gasteiger partial charge in [-0.2, -0.15) is 0 Å². The maximum absolute atomic E-state index is 13.0. The molecule has 0 aliphatic heterocycles. The second kappa shape index (κ2) is 15.3. The molecule has 0 aliphatic rings. The van der Waals surface area contributed by atoms with Crippen molar-refractivity contribution in [1.29, 1.82) is 0 Å². The molecule has 2 aromatic carbocycles. The van der Waals surface area contributed by atoms with Crippen molar-refractivity contribution in [2.75, 3.05) is 0 Å². The lowest BCUT2D eigenvalue weighted by Crippen LogP contribution is -2.40. The van der Waals surface area contributed by atoms with Crippen LogP contribution in [-0.4, -0.2) is 35.0 Å². The van der Waals surface area contributed by atoms with E-state index in [1.165, 1.54) is 67.1 Å². The van der Waals surface area contributed by atoms with E-state index in [2.05, 4.69) is 43.8 Å². The van der Waals surface area contributed by atoms with Gasteiger partial charge < -0.3 is 9.53 Å². The number of nitrogens with zero attached hydrogens (tertiary/aromatic N) is 2. The van der Waals surface area contributed by atoms with Crippen LogP contribution in [0.25, 0.3) is 0 Å². The summed E-state index contributed by atoms with van der Waals surface area (Å²) in [6, 6.07) is 14.2. The molecule has 1 N–H and O–H groups in total. The van der Waals surface area contributed by atoms with E-state index in [1.807, 2.05) is 0 Å². The van der Waals surface area contributed by atoms with E-state index in [0.29, 0.717) is 34.4 Å². The summed E-state index contributed by atoms with van der Waals surface area (Å²) in [5.41, 5.74) is 3.14. The third-order valence-corrected chi connectivity index (χ3v) is 11.4. The van der Waals surface area contributed by atoms with Gasteiger partial charge in [0.1, 0.15) is 11.6 Å². The minimum absolute atomic E-state index is 0. The van der Waals surface area contributed by atoms with E-state index in [1.54, 1.807) is 18.3 Å². The van der Waals surface area contributed by atoms with Crippen molar-refractivity contribution in [2.24, 2.45) is 0 Å². The summed E-state index contributed by atoms with van der Waals surface area (Å²) in [6.07, 6.45) is 6.16. The van der Waals surface area contributed by atoms with Crippen molar-refractivity contribution in [3.63, 3.8) is 0 Å². The maximum atomic E-state index is 13.0. The highest BCUT2D eigenvalue weighted by atomic mass is 127. The van der Waals surface area contributed by atoms with Gasteiger partial charge in [0.2, 0.25) is 0 Å². The first-order valence-corrected chi connectivity index (χ1v) is 15.9. The molecule has 0 amide bonds. The van der Waals surface area contributed by atoms with Crippen LogP contribution in [-0.2, 0) is 17.6 Å². The van der Waals surface area contributed by atoms with E-state index in [4.69, 9.17) is 9.53 Å². The van der Waals surface area contributed by atoms with Gasteiger partial charge in [0, 0.05) is 48.5 Å². The fourth-order valence-corrected chi connectivity index (χ4v) is 4.37. The molecule has 2 heterocycles. The molecular formula is C32H37F2IN2O4Si. The number of hydrogen-bond donors (Lipinski definition) is 1. The fraction of sp³-hybridized carbons (Fsp3) is 0.250. The third-order valence-electron chi connectivity index (χ3n) is 6.92. The Hall–Kier alpha value is -3.19. The smallest absolute Gasteiger partial charge is 0.194 e. The number of carbonyl (C=O) groups is 2. The summed E-state index contributed by atoms with van der Waals surface area (Å²) in [5.74, 6) is -1.16. The lowest BCUT2D eigenvalue weighted by Gasteiger charge is -2.36. The van der Waals surface area contributed by atoms with Gasteiger partial charge in [-0.05, 0) is 89.9 Å². The number of rotatable bonds is 8. The van der Waals surface area contributed by atoms with Gasteiger partial charge in [-0.25, -0.2) is 8.78 Å². The van der Waals surface area contributed by atoms with Crippen LogP contribution in [0.1, 0.15) is 65.2 Å². The number of carbonyl (C=O) groups excluding carboxylic acids is 2. The molecule has 0 spiro atoms. The molecule has 0 radical (unpaired) electrons. The highest BCUT2D eigenvalue weighted by Crippen LogP contribution is 2.37. The average molecular weight is 707 g/mol. The monoisotopic (exact) mass is 706 g/mol. The van der Waals surface area contributed by atoms with Crippen LogP contribution in [0.3, 0.4) is 0 Å². The summed E-state index contributed by atoms with van der Waals surface area (Å²) in [6.45, 7) is 11.2. The number of aromatic nitrogens is 2. The van der Waals surface area contributed by atoms with Crippen molar-refractivity contribution in [3.8, 4) is 0 Å². The Bertz CT molecular complexity index is 1500. The van der Waals surface area contributed by atoms with Crippen molar-refractivity contribution < 1.29 is 29.3 Å². The zero-order chi connectivity index (χ0) is 30.2. The molecule has 0 fully saturated rings. The van der Waals surface area contributed by atoms with E-state index < -0.39 is 8.32 Å². The molecule has 6 nitrogen and oxygen atoms in total. The van der Waals surface area contributed by atoms with Gasteiger partial charge in [-0.1, -0.05) is 20.8 Å². The molecule has 10 heteroatoms. The number of aliphatic hydroxyl groups is 1. The van der Waals surface area contributed by atoms with Gasteiger partial charge in [-0.3, -0.25) is 19.6 Å². The van der Waals surface area contributed by atoms with Crippen LogP contribution < -0.4 is 0 Å². The number of pyridine rings is 2. The lowest BCUT2D eigenvalue weighted by molar-refractivity contribution is 0.103. The summed E-state index contributed by atoms with van der Waals surface area (Å²) < 4.78 is 31.9. The van der Waals surface area contributed by atoms with Crippen LogP contribution in [0.4, 0.5) is 8.78 Å². The van der Waals surface area contributed by atoms with Gasteiger partial charge in [0.15, 0.2) is 19.9 Å². The van der Waals surface area contributed by atoms with Gasteiger partial charge in [-0.15, -0.1) is 24.0 Å².